The third-order valence-electron chi connectivity index (χ3n) is 2.91. The third kappa shape index (κ3) is 2.47. The number of fused-ring (bicyclic) bond motifs is 1. The van der Waals surface area contributed by atoms with Crippen molar-refractivity contribution in [2.45, 2.75) is 12.4 Å². The zero-order valence-corrected chi connectivity index (χ0v) is 13.2. The molecular weight excluding hydrogens is 370 g/mol. The van der Waals surface area contributed by atoms with Crippen LogP contribution in [0, 0.1) is 11.6 Å². The average Bonchev–Trinajstić information content (AvgIpc) is 2.95. The van der Waals surface area contributed by atoms with E-state index in [4.69, 9.17) is 11.6 Å². The van der Waals surface area contributed by atoms with Crippen molar-refractivity contribution in [3.05, 3.63) is 50.4 Å². The van der Waals surface area contributed by atoms with Crippen LogP contribution < -0.4 is 0 Å². The molecule has 0 spiro atoms. The van der Waals surface area contributed by atoms with Gasteiger partial charge in [-0.15, -0.1) is 22.9 Å². The summed E-state index contributed by atoms with van der Waals surface area (Å²) in [6.07, 6.45) is 0. The first-order valence-corrected chi connectivity index (χ1v) is 7.92. The Hall–Kier alpha value is -0.980. The van der Waals surface area contributed by atoms with Crippen LogP contribution in [0.1, 0.15) is 10.7 Å². The van der Waals surface area contributed by atoms with Gasteiger partial charge in [0.05, 0.1) is 17.9 Å². The van der Waals surface area contributed by atoms with Crippen molar-refractivity contribution in [2.24, 2.45) is 0 Å². The van der Waals surface area contributed by atoms with Crippen LogP contribution in [0.15, 0.2) is 28.1 Å². The van der Waals surface area contributed by atoms with Gasteiger partial charge in [0, 0.05) is 20.8 Å². The number of hydrogen-bond donors (Lipinski definition) is 0. The van der Waals surface area contributed by atoms with Gasteiger partial charge in [-0.25, -0.2) is 13.8 Å². The summed E-state index contributed by atoms with van der Waals surface area (Å²) in [5.41, 5.74) is 0.570. The molecule has 2 aromatic heterocycles. The Morgan fingerprint density at radius 3 is 2.75 bits per heavy atom. The van der Waals surface area contributed by atoms with Gasteiger partial charge in [-0.2, -0.15) is 0 Å². The van der Waals surface area contributed by atoms with E-state index in [9.17, 15) is 8.78 Å². The summed E-state index contributed by atoms with van der Waals surface area (Å²) in [6, 6.07) is 4.08. The van der Waals surface area contributed by atoms with Crippen LogP contribution in [-0.4, -0.2) is 9.55 Å². The minimum Gasteiger partial charge on any atom is -0.321 e. The minimum atomic E-state index is -0.669. The van der Waals surface area contributed by atoms with Crippen LogP contribution in [0.2, 0.25) is 0 Å². The van der Waals surface area contributed by atoms with E-state index in [0.717, 1.165) is 15.4 Å². The van der Waals surface area contributed by atoms with Crippen molar-refractivity contribution in [3.63, 3.8) is 0 Å². The van der Waals surface area contributed by atoms with Gasteiger partial charge < -0.3 is 4.57 Å². The Balaban J connectivity index is 2.17. The molecule has 0 radical (unpaired) electrons. The second kappa shape index (κ2) is 5.42. The predicted octanol–water partition coefficient (Wildman–Crippen LogP) is 4.93. The van der Waals surface area contributed by atoms with Crippen molar-refractivity contribution < 1.29 is 8.78 Å². The fourth-order valence-corrected chi connectivity index (χ4v) is 3.71. The highest BCUT2D eigenvalue weighted by atomic mass is 79.9. The molecule has 0 aliphatic rings. The summed E-state index contributed by atoms with van der Waals surface area (Å²) < 4.78 is 29.9. The number of imidazole rings is 1. The summed E-state index contributed by atoms with van der Waals surface area (Å²) in [4.78, 5) is 5.21. The fraction of sp³-hybridized carbons (Fsp3) is 0.154. The number of hydrogen-bond acceptors (Lipinski definition) is 2. The molecule has 104 valence electrons. The van der Waals surface area contributed by atoms with E-state index < -0.39 is 11.6 Å². The quantitative estimate of drug-likeness (QED) is 0.592. The second-order valence-corrected chi connectivity index (χ2v) is 6.41. The van der Waals surface area contributed by atoms with Gasteiger partial charge in [-0.3, -0.25) is 0 Å². The lowest BCUT2D eigenvalue weighted by atomic mass is 10.3. The molecule has 3 rings (SSSR count). The van der Waals surface area contributed by atoms with Gasteiger partial charge >= 0.3 is 0 Å². The lowest BCUT2D eigenvalue weighted by molar-refractivity contribution is 0.590. The number of rotatable bonds is 3. The highest BCUT2D eigenvalue weighted by Crippen LogP contribution is 2.26. The molecule has 0 amide bonds. The first-order valence-electron chi connectivity index (χ1n) is 5.71. The smallest absolute Gasteiger partial charge is 0.153 e. The molecule has 3 aromatic rings. The van der Waals surface area contributed by atoms with E-state index in [2.05, 4.69) is 20.9 Å². The Kier molecular flexibility index (Phi) is 3.79. The summed E-state index contributed by atoms with van der Waals surface area (Å²) >= 11 is 10.8. The highest BCUT2D eigenvalue weighted by Gasteiger charge is 2.15. The molecule has 20 heavy (non-hydrogen) atoms. The van der Waals surface area contributed by atoms with Crippen LogP contribution in [0.4, 0.5) is 8.78 Å². The third-order valence-corrected chi connectivity index (χ3v) is 4.83. The lowest BCUT2D eigenvalue weighted by Crippen LogP contribution is -2.02. The van der Waals surface area contributed by atoms with E-state index in [1.54, 1.807) is 15.9 Å². The van der Waals surface area contributed by atoms with Crippen molar-refractivity contribution in [2.75, 3.05) is 0 Å². The molecule has 0 atom stereocenters. The van der Waals surface area contributed by atoms with Crippen LogP contribution in [-0.2, 0) is 12.4 Å². The van der Waals surface area contributed by atoms with Crippen molar-refractivity contribution in [1.29, 1.82) is 0 Å². The van der Waals surface area contributed by atoms with Crippen LogP contribution in [0.25, 0.3) is 11.0 Å². The summed E-state index contributed by atoms with van der Waals surface area (Å²) in [6.45, 7) is 0.484. The molecular formula is C13H8BrClF2N2S. The molecule has 0 aliphatic carbocycles. The second-order valence-electron chi connectivity index (χ2n) is 4.23. The molecule has 2 nitrogen and oxygen atoms in total. The standard InChI is InChI=1S/C13H8BrClF2N2S/c14-7-1-9(20-6-7)5-19-11-3-8(16)2-10(17)13(11)18-12(19)4-15/h1-3,6H,4-5H2. The largest absolute Gasteiger partial charge is 0.321 e. The number of halogens is 4. The van der Waals surface area contributed by atoms with Gasteiger partial charge in [-0.1, -0.05) is 0 Å². The maximum absolute atomic E-state index is 13.8. The molecule has 0 bridgehead atoms. The van der Waals surface area contributed by atoms with Gasteiger partial charge in [0.2, 0.25) is 0 Å². The maximum Gasteiger partial charge on any atom is 0.153 e. The zero-order valence-electron chi connectivity index (χ0n) is 10.0. The zero-order chi connectivity index (χ0) is 14.3. The van der Waals surface area contributed by atoms with Crippen LogP contribution >= 0.6 is 38.9 Å². The highest BCUT2D eigenvalue weighted by molar-refractivity contribution is 9.10. The molecule has 0 N–H and O–H groups in total. The molecule has 2 heterocycles. The molecule has 1 aromatic carbocycles. The molecule has 7 heteroatoms. The van der Waals surface area contributed by atoms with Gasteiger partial charge in [0.15, 0.2) is 5.82 Å². The molecule has 0 saturated carbocycles. The van der Waals surface area contributed by atoms with Crippen molar-refractivity contribution in [3.8, 4) is 0 Å². The van der Waals surface area contributed by atoms with Crippen molar-refractivity contribution >= 4 is 49.9 Å². The van der Waals surface area contributed by atoms with Gasteiger partial charge in [0.25, 0.3) is 0 Å². The molecule has 0 unspecified atom stereocenters. The first kappa shape index (κ1) is 14.0. The number of alkyl halides is 1. The van der Waals surface area contributed by atoms with Crippen molar-refractivity contribution in [1.82, 2.24) is 9.55 Å². The number of benzene rings is 1. The van der Waals surface area contributed by atoms with E-state index in [0.29, 0.717) is 17.9 Å². The average molecular weight is 378 g/mol. The SMILES string of the molecule is Fc1cc(F)c2nc(CCl)n(Cc3cc(Br)cs3)c2c1. The Bertz CT molecular complexity index is 784. The Morgan fingerprint density at radius 2 is 2.10 bits per heavy atom. The number of nitrogens with zero attached hydrogens (tertiary/aromatic N) is 2. The monoisotopic (exact) mass is 376 g/mol. The predicted molar refractivity (Wildman–Crippen MR) is 80.3 cm³/mol. The van der Waals surface area contributed by atoms with E-state index >= 15 is 0 Å². The summed E-state index contributed by atoms with van der Waals surface area (Å²) in [7, 11) is 0. The topological polar surface area (TPSA) is 17.8 Å². The Morgan fingerprint density at radius 1 is 1.30 bits per heavy atom. The first-order chi connectivity index (χ1) is 9.58. The van der Waals surface area contributed by atoms with E-state index in [1.165, 1.54) is 6.07 Å². The molecule has 0 aliphatic heterocycles. The van der Waals surface area contributed by atoms with E-state index in [1.807, 2.05) is 11.4 Å². The molecule has 0 fully saturated rings. The maximum atomic E-state index is 13.8. The van der Waals surface area contributed by atoms with E-state index in [-0.39, 0.29) is 11.4 Å². The number of thiophene rings is 1. The van der Waals surface area contributed by atoms with Gasteiger partial charge in [-0.05, 0) is 28.1 Å². The summed E-state index contributed by atoms with van der Waals surface area (Å²) in [5.74, 6) is -0.625. The Labute approximate surface area is 131 Å². The molecule has 0 saturated heterocycles. The lowest BCUT2D eigenvalue weighted by Gasteiger charge is -2.06. The normalized spacial score (nSPS) is 11.4. The minimum absolute atomic E-state index is 0.141. The fourth-order valence-electron chi connectivity index (χ4n) is 2.07. The summed E-state index contributed by atoms with van der Waals surface area (Å²) in [5, 5.41) is 1.95. The van der Waals surface area contributed by atoms with Crippen LogP contribution in [0.5, 0.6) is 0 Å². The number of aromatic nitrogens is 2. The van der Waals surface area contributed by atoms with Gasteiger partial charge in [0.1, 0.15) is 17.2 Å². The van der Waals surface area contributed by atoms with Crippen LogP contribution in [0.3, 0.4) is 0 Å².